The molecule has 3 aromatic rings. The second-order valence-corrected chi connectivity index (χ2v) is 7.17. The van der Waals surface area contributed by atoms with Gasteiger partial charge in [0.25, 0.3) is 5.91 Å². The van der Waals surface area contributed by atoms with E-state index in [1.54, 1.807) is 30.3 Å². The van der Waals surface area contributed by atoms with Gasteiger partial charge in [0.1, 0.15) is 17.5 Å². The average Bonchev–Trinajstić information content (AvgIpc) is 2.96. The normalized spacial score (nSPS) is 11.2. The average molecular weight is 428 g/mol. The third-order valence-electron chi connectivity index (χ3n) is 4.42. The lowest BCUT2D eigenvalue weighted by atomic mass is 10.1. The number of hydrogen-bond acceptors (Lipinski definition) is 2. The maximum Gasteiger partial charge on any atom is 0.266 e. The molecule has 146 valence electrons. The minimum atomic E-state index is -0.617. The Balaban J connectivity index is 1.96. The Kier molecular flexibility index (Phi) is 6.07. The van der Waals surface area contributed by atoms with Gasteiger partial charge in [0.15, 0.2) is 0 Å². The highest BCUT2D eigenvalue weighted by atomic mass is 35.5. The van der Waals surface area contributed by atoms with Crippen molar-refractivity contribution < 1.29 is 9.18 Å². The van der Waals surface area contributed by atoms with Crippen molar-refractivity contribution in [1.82, 2.24) is 4.57 Å². The molecule has 1 aromatic heterocycles. The van der Waals surface area contributed by atoms with Gasteiger partial charge in [-0.25, -0.2) is 4.39 Å². The number of nitrogens with one attached hydrogen (secondary N) is 1. The lowest BCUT2D eigenvalue weighted by Gasteiger charge is -2.10. The van der Waals surface area contributed by atoms with Crippen LogP contribution in [0.2, 0.25) is 10.0 Å². The number of amides is 1. The van der Waals surface area contributed by atoms with Gasteiger partial charge in [-0.15, -0.1) is 0 Å². The SMILES string of the molecule is Cc1cc(/C=C(\C#N)C(=O)Nc2c(Cl)cccc2Cl)c(C)n1-c1ccc(F)cc1. The zero-order chi connectivity index (χ0) is 21.1. The van der Waals surface area contributed by atoms with Crippen molar-refractivity contribution in [2.24, 2.45) is 0 Å². The lowest BCUT2D eigenvalue weighted by molar-refractivity contribution is -0.112. The van der Waals surface area contributed by atoms with E-state index < -0.39 is 5.91 Å². The van der Waals surface area contributed by atoms with Crippen LogP contribution in [0.4, 0.5) is 10.1 Å². The van der Waals surface area contributed by atoms with E-state index in [9.17, 15) is 14.4 Å². The molecule has 0 unspecified atom stereocenters. The number of aromatic nitrogens is 1. The molecule has 29 heavy (non-hydrogen) atoms. The molecule has 0 aliphatic heterocycles. The fraction of sp³-hybridized carbons (Fsp3) is 0.0909. The van der Waals surface area contributed by atoms with Crippen molar-refractivity contribution >= 4 is 40.9 Å². The van der Waals surface area contributed by atoms with Crippen LogP contribution >= 0.6 is 23.2 Å². The molecule has 0 radical (unpaired) electrons. The van der Waals surface area contributed by atoms with Gasteiger partial charge in [-0.05, 0) is 68.0 Å². The van der Waals surface area contributed by atoms with Crippen LogP contribution in [0.5, 0.6) is 0 Å². The fourth-order valence-electron chi connectivity index (χ4n) is 3.02. The molecular weight excluding hydrogens is 412 g/mol. The standard InChI is InChI=1S/C22H16Cl2FN3O/c1-13-10-15(14(2)28(13)18-8-6-17(25)7-9-18)11-16(12-26)22(29)27-21-19(23)4-3-5-20(21)24/h3-11H,1-2H3,(H,27,29)/b16-11+. The molecule has 0 saturated heterocycles. The van der Waals surface area contributed by atoms with Crippen LogP contribution in [0.15, 0.2) is 54.1 Å². The number of aryl methyl sites for hydroxylation is 1. The molecule has 7 heteroatoms. The number of rotatable bonds is 4. The largest absolute Gasteiger partial charge is 0.319 e. The van der Waals surface area contributed by atoms with Gasteiger partial charge in [0.05, 0.1) is 15.7 Å². The number of nitrogens with zero attached hydrogens (tertiary/aromatic N) is 2. The van der Waals surface area contributed by atoms with E-state index in [1.807, 2.05) is 30.6 Å². The number of nitriles is 1. The Morgan fingerprint density at radius 2 is 1.76 bits per heavy atom. The number of anilines is 1. The smallest absolute Gasteiger partial charge is 0.266 e. The first kappa shape index (κ1) is 20.7. The second-order valence-electron chi connectivity index (χ2n) is 6.36. The van der Waals surface area contributed by atoms with Crippen LogP contribution in [-0.4, -0.2) is 10.5 Å². The van der Waals surface area contributed by atoms with Crippen LogP contribution in [0.1, 0.15) is 17.0 Å². The Bertz CT molecular complexity index is 1140. The molecule has 1 amide bonds. The zero-order valence-corrected chi connectivity index (χ0v) is 17.1. The minimum absolute atomic E-state index is 0.0969. The van der Waals surface area contributed by atoms with Gasteiger partial charge in [0, 0.05) is 17.1 Å². The maximum absolute atomic E-state index is 13.2. The summed E-state index contributed by atoms with van der Waals surface area (Å²) in [7, 11) is 0. The lowest BCUT2D eigenvalue weighted by Crippen LogP contribution is -2.14. The molecule has 0 spiro atoms. The second kappa shape index (κ2) is 8.52. The summed E-state index contributed by atoms with van der Waals surface area (Å²) in [4.78, 5) is 12.6. The summed E-state index contributed by atoms with van der Waals surface area (Å²) < 4.78 is 15.2. The topological polar surface area (TPSA) is 57.8 Å². The predicted octanol–water partition coefficient (Wildman–Crippen LogP) is 6.09. The number of halogens is 3. The Morgan fingerprint density at radius 3 is 2.34 bits per heavy atom. The molecule has 2 aromatic carbocycles. The van der Waals surface area contributed by atoms with Crippen LogP contribution in [-0.2, 0) is 4.79 Å². The van der Waals surface area contributed by atoms with E-state index in [2.05, 4.69) is 5.32 Å². The van der Waals surface area contributed by atoms with Gasteiger partial charge in [0.2, 0.25) is 0 Å². The first-order chi connectivity index (χ1) is 13.8. The quantitative estimate of drug-likeness (QED) is 0.404. The van der Waals surface area contributed by atoms with E-state index in [1.165, 1.54) is 18.2 Å². The molecule has 1 heterocycles. The molecule has 0 atom stereocenters. The predicted molar refractivity (Wildman–Crippen MR) is 114 cm³/mol. The van der Waals surface area contributed by atoms with E-state index >= 15 is 0 Å². The first-order valence-corrected chi connectivity index (χ1v) is 9.39. The van der Waals surface area contributed by atoms with E-state index in [0.29, 0.717) is 5.56 Å². The summed E-state index contributed by atoms with van der Waals surface area (Å²) in [5, 5.41) is 12.6. The first-order valence-electron chi connectivity index (χ1n) is 8.64. The molecule has 0 aliphatic carbocycles. The summed E-state index contributed by atoms with van der Waals surface area (Å²) in [6.07, 6.45) is 1.50. The van der Waals surface area contributed by atoms with Gasteiger partial charge in [-0.1, -0.05) is 29.3 Å². The van der Waals surface area contributed by atoms with Crippen molar-refractivity contribution in [1.29, 1.82) is 5.26 Å². The van der Waals surface area contributed by atoms with Crippen LogP contribution in [0.25, 0.3) is 11.8 Å². The van der Waals surface area contributed by atoms with Gasteiger partial charge >= 0.3 is 0 Å². The minimum Gasteiger partial charge on any atom is -0.319 e. The van der Waals surface area contributed by atoms with Crippen molar-refractivity contribution in [2.75, 3.05) is 5.32 Å². The third kappa shape index (κ3) is 4.34. The van der Waals surface area contributed by atoms with Crippen LogP contribution in [0.3, 0.4) is 0 Å². The highest BCUT2D eigenvalue weighted by Crippen LogP contribution is 2.30. The highest BCUT2D eigenvalue weighted by molar-refractivity contribution is 6.40. The van der Waals surface area contributed by atoms with Gasteiger partial charge < -0.3 is 9.88 Å². The van der Waals surface area contributed by atoms with E-state index in [-0.39, 0.29) is 27.1 Å². The monoisotopic (exact) mass is 427 g/mol. The molecule has 0 bridgehead atoms. The molecule has 1 N–H and O–H groups in total. The van der Waals surface area contributed by atoms with E-state index in [4.69, 9.17) is 23.2 Å². The Morgan fingerprint density at radius 1 is 1.14 bits per heavy atom. The Labute approximate surface area is 177 Å². The molecular formula is C22H16Cl2FN3O. The summed E-state index contributed by atoms with van der Waals surface area (Å²) in [5.41, 5.74) is 3.33. The molecule has 0 aliphatic rings. The van der Waals surface area contributed by atoms with E-state index in [0.717, 1.165) is 17.1 Å². The Hall–Kier alpha value is -3.07. The maximum atomic E-state index is 13.2. The zero-order valence-electron chi connectivity index (χ0n) is 15.6. The van der Waals surface area contributed by atoms with Crippen LogP contribution in [0, 0.1) is 31.0 Å². The number of benzene rings is 2. The summed E-state index contributed by atoms with van der Waals surface area (Å²) >= 11 is 12.2. The van der Waals surface area contributed by atoms with Crippen molar-refractivity contribution in [2.45, 2.75) is 13.8 Å². The van der Waals surface area contributed by atoms with Crippen molar-refractivity contribution in [3.63, 3.8) is 0 Å². The summed E-state index contributed by atoms with van der Waals surface area (Å²) in [6.45, 7) is 3.75. The van der Waals surface area contributed by atoms with Gasteiger partial charge in [-0.3, -0.25) is 4.79 Å². The molecule has 4 nitrogen and oxygen atoms in total. The highest BCUT2D eigenvalue weighted by Gasteiger charge is 2.16. The third-order valence-corrected chi connectivity index (χ3v) is 5.05. The summed E-state index contributed by atoms with van der Waals surface area (Å²) in [6, 6.07) is 14.7. The number of carbonyl (C=O) groups is 1. The fourth-order valence-corrected chi connectivity index (χ4v) is 3.52. The molecule has 3 rings (SSSR count). The summed E-state index contributed by atoms with van der Waals surface area (Å²) in [5.74, 6) is -0.938. The van der Waals surface area contributed by atoms with Crippen molar-refractivity contribution in [3.8, 4) is 11.8 Å². The molecule has 0 saturated carbocycles. The number of carbonyl (C=O) groups excluding carboxylic acids is 1. The van der Waals surface area contributed by atoms with Crippen molar-refractivity contribution in [3.05, 3.63) is 86.9 Å². The number of para-hydroxylation sites is 1. The van der Waals surface area contributed by atoms with Gasteiger partial charge in [-0.2, -0.15) is 5.26 Å². The van der Waals surface area contributed by atoms with Crippen LogP contribution < -0.4 is 5.32 Å². The number of hydrogen-bond donors (Lipinski definition) is 1. The molecule has 0 fully saturated rings.